The Bertz CT molecular complexity index is 612. The van der Waals surface area contributed by atoms with E-state index in [1.807, 2.05) is 0 Å². The van der Waals surface area contributed by atoms with E-state index in [1.165, 1.54) is 12.1 Å². The molecule has 0 aliphatic rings. The normalized spacial score (nSPS) is 11.4. The molecule has 1 amide bonds. The molecule has 0 saturated heterocycles. The largest absolute Gasteiger partial charge is 0.434 e. The third-order valence-corrected chi connectivity index (χ3v) is 3.22. The molecule has 1 aromatic carbocycles. The molecule has 0 saturated carbocycles. The Morgan fingerprint density at radius 2 is 2.00 bits per heavy atom. The van der Waals surface area contributed by atoms with Crippen LogP contribution in [0.25, 0.3) is 0 Å². The maximum Gasteiger partial charge on any atom is 0.434 e. The molecule has 3 nitrogen and oxygen atoms in total. The first-order chi connectivity index (χ1) is 8.88. The molecular weight excluding hydrogens is 301 g/mol. The fourth-order valence-corrected chi connectivity index (χ4v) is 2.20. The van der Waals surface area contributed by atoms with E-state index in [2.05, 4.69) is 10.3 Å². The zero-order valence-electron chi connectivity index (χ0n) is 9.16. The van der Waals surface area contributed by atoms with Crippen molar-refractivity contribution in [3.8, 4) is 0 Å². The van der Waals surface area contributed by atoms with Crippen molar-refractivity contribution in [2.75, 3.05) is 5.32 Å². The lowest BCUT2D eigenvalue weighted by atomic mass is 10.2. The maximum absolute atomic E-state index is 12.3. The molecule has 2 aromatic rings. The predicted molar refractivity (Wildman–Crippen MR) is 66.5 cm³/mol. The van der Waals surface area contributed by atoms with Crippen LogP contribution in [0.4, 0.5) is 18.3 Å². The summed E-state index contributed by atoms with van der Waals surface area (Å²) in [6.07, 6.45) is -4.52. The van der Waals surface area contributed by atoms with E-state index in [0.29, 0.717) is 11.3 Å². The number of rotatable bonds is 2. The van der Waals surface area contributed by atoms with E-state index in [0.717, 1.165) is 5.38 Å². The van der Waals surface area contributed by atoms with Gasteiger partial charge >= 0.3 is 6.18 Å². The molecule has 0 spiro atoms. The summed E-state index contributed by atoms with van der Waals surface area (Å²) in [5.41, 5.74) is -0.861. The van der Waals surface area contributed by atoms with Gasteiger partial charge in [-0.2, -0.15) is 13.2 Å². The quantitative estimate of drug-likeness (QED) is 0.909. The van der Waals surface area contributed by atoms with Crippen LogP contribution in [0.5, 0.6) is 0 Å². The molecule has 8 heteroatoms. The Balaban J connectivity index is 2.16. The van der Waals surface area contributed by atoms with E-state index in [9.17, 15) is 18.0 Å². The first-order valence-electron chi connectivity index (χ1n) is 4.96. The van der Waals surface area contributed by atoms with E-state index in [4.69, 9.17) is 11.6 Å². The van der Waals surface area contributed by atoms with Gasteiger partial charge in [0.15, 0.2) is 10.8 Å². The number of halogens is 4. The van der Waals surface area contributed by atoms with Gasteiger partial charge in [-0.1, -0.05) is 23.7 Å². The van der Waals surface area contributed by atoms with Crippen LogP contribution in [-0.4, -0.2) is 10.9 Å². The van der Waals surface area contributed by atoms with Crippen molar-refractivity contribution in [2.24, 2.45) is 0 Å². The summed E-state index contributed by atoms with van der Waals surface area (Å²) in [5, 5.41) is 3.20. The summed E-state index contributed by atoms with van der Waals surface area (Å²) < 4.78 is 37.0. The van der Waals surface area contributed by atoms with Crippen molar-refractivity contribution in [2.45, 2.75) is 6.18 Å². The minimum Gasteiger partial charge on any atom is -0.298 e. The molecule has 0 unspecified atom stereocenters. The van der Waals surface area contributed by atoms with Crippen molar-refractivity contribution >= 4 is 34.0 Å². The number of hydrogen-bond donors (Lipinski definition) is 1. The lowest BCUT2D eigenvalue weighted by Crippen LogP contribution is -2.13. The van der Waals surface area contributed by atoms with Crippen LogP contribution < -0.4 is 5.32 Å². The number of hydrogen-bond acceptors (Lipinski definition) is 3. The van der Waals surface area contributed by atoms with Gasteiger partial charge in [0, 0.05) is 5.38 Å². The lowest BCUT2D eigenvalue weighted by Gasteiger charge is -2.03. The van der Waals surface area contributed by atoms with Gasteiger partial charge in [0.2, 0.25) is 0 Å². The SMILES string of the molecule is O=C(Nc1nc(C(F)(F)F)cs1)c1ccccc1Cl. The minimum absolute atomic E-state index is 0.128. The average molecular weight is 307 g/mol. The standard InChI is InChI=1S/C11H6ClF3N2OS/c12-7-4-2-1-3-6(7)9(18)17-10-16-8(5-19-10)11(13,14)15/h1-5H,(H,16,17,18). The highest BCUT2D eigenvalue weighted by molar-refractivity contribution is 7.14. The van der Waals surface area contributed by atoms with E-state index in [-0.39, 0.29) is 15.7 Å². The molecule has 0 fully saturated rings. The Labute approximate surface area is 115 Å². The van der Waals surface area contributed by atoms with Gasteiger partial charge in [-0.3, -0.25) is 10.1 Å². The lowest BCUT2D eigenvalue weighted by molar-refractivity contribution is -0.140. The van der Waals surface area contributed by atoms with Crippen molar-refractivity contribution in [3.05, 3.63) is 45.9 Å². The first-order valence-corrected chi connectivity index (χ1v) is 6.22. The number of amides is 1. The van der Waals surface area contributed by atoms with Crippen molar-refractivity contribution in [1.82, 2.24) is 4.98 Å². The summed E-state index contributed by atoms with van der Waals surface area (Å²) in [6, 6.07) is 6.23. The Morgan fingerprint density at radius 1 is 1.32 bits per heavy atom. The number of thiazole rings is 1. The maximum atomic E-state index is 12.3. The summed E-state index contributed by atoms with van der Waals surface area (Å²) >= 11 is 6.50. The molecule has 0 aliphatic carbocycles. The summed E-state index contributed by atoms with van der Waals surface area (Å²) in [6.45, 7) is 0. The second kappa shape index (κ2) is 5.18. The summed E-state index contributed by atoms with van der Waals surface area (Å²) in [5.74, 6) is -0.603. The number of aromatic nitrogens is 1. The number of nitrogens with zero attached hydrogens (tertiary/aromatic N) is 1. The average Bonchev–Trinajstić information content (AvgIpc) is 2.77. The van der Waals surface area contributed by atoms with Crippen LogP contribution in [0.1, 0.15) is 16.1 Å². The van der Waals surface area contributed by atoms with Crippen LogP contribution in [0.3, 0.4) is 0 Å². The van der Waals surface area contributed by atoms with Crippen molar-refractivity contribution in [3.63, 3.8) is 0 Å². The van der Waals surface area contributed by atoms with E-state index >= 15 is 0 Å². The molecular formula is C11H6ClF3N2OS. The molecule has 2 rings (SSSR count). The number of carbonyl (C=O) groups excluding carboxylic acids is 1. The molecule has 1 aromatic heterocycles. The Hall–Kier alpha value is -1.60. The van der Waals surface area contributed by atoms with Crippen LogP contribution in [0.2, 0.25) is 5.02 Å². The predicted octanol–water partition coefficient (Wildman–Crippen LogP) is 4.07. The fraction of sp³-hybridized carbons (Fsp3) is 0.0909. The van der Waals surface area contributed by atoms with Crippen molar-refractivity contribution < 1.29 is 18.0 Å². The number of carbonyl (C=O) groups is 1. The monoisotopic (exact) mass is 306 g/mol. The fourth-order valence-electron chi connectivity index (χ4n) is 1.27. The zero-order valence-corrected chi connectivity index (χ0v) is 10.7. The van der Waals surface area contributed by atoms with Crippen LogP contribution in [-0.2, 0) is 6.18 Å². The highest BCUT2D eigenvalue weighted by Crippen LogP contribution is 2.31. The van der Waals surface area contributed by atoms with Crippen molar-refractivity contribution in [1.29, 1.82) is 0 Å². The molecule has 1 N–H and O–H groups in total. The van der Waals surface area contributed by atoms with Gasteiger partial charge in [-0.25, -0.2) is 4.98 Å². The van der Waals surface area contributed by atoms with E-state index < -0.39 is 17.8 Å². The Morgan fingerprint density at radius 3 is 2.58 bits per heavy atom. The van der Waals surface area contributed by atoms with Gasteiger partial charge in [-0.15, -0.1) is 11.3 Å². The second-order valence-electron chi connectivity index (χ2n) is 3.47. The number of nitrogens with one attached hydrogen (secondary N) is 1. The molecule has 0 bridgehead atoms. The van der Waals surface area contributed by atoms with Gasteiger partial charge < -0.3 is 0 Å². The van der Waals surface area contributed by atoms with Gasteiger partial charge in [0.05, 0.1) is 10.6 Å². The highest BCUT2D eigenvalue weighted by atomic mass is 35.5. The molecule has 100 valence electrons. The van der Waals surface area contributed by atoms with Crippen LogP contribution in [0, 0.1) is 0 Å². The summed E-state index contributed by atoms with van der Waals surface area (Å²) in [4.78, 5) is 15.1. The van der Waals surface area contributed by atoms with Gasteiger partial charge in [0.25, 0.3) is 5.91 Å². The third-order valence-electron chi connectivity index (χ3n) is 2.13. The Kier molecular flexibility index (Phi) is 3.77. The smallest absolute Gasteiger partial charge is 0.298 e. The minimum atomic E-state index is -4.52. The zero-order chi connectivity index (χ0) is 14.0. The van der Waals surface area contributed by atoms with E-state index in [1.54, 1.807) is 12.1 Å². The topological polar surface area (TPSA) is 42.0 Å². The molecule has 0 aliphatic heterocycles. The molecule has 0 atom stereocenters. The van der Waals surface area contributed by atoms with Gasteiger partial charge in [0.1, 0.15) is 0 Å². The highest BCUT2D eigenvalue weighted by Gasteiger charge is 2.33. The first kappa shape index (κ1) is 13.8. The van der Waals surface area contributed by atoms with Gasteiger partial charge in [-0.05, 0) is 12.1 Å². The summed E-state index contributed by atoms with van der Waals surface area (Å²) in [7, 11) is 0. The third kappa shape index (κ3) is 3.24. The molecule has 0 radical (unpaired) electrons. The number of anilines is 1. The van der Waals surface area contributed by atoms with Crippen LogP contribution in [0.15, 0.2) is 29.6 Å². The second-order valence-corrected chi connectivity index (χ2v) is 4.73. The number of benzene rings is 1. The van der Waals surface area contributed by atoms with Crippen LogP contribution >= 0.6 is 22.9 Å². The number of alkyl halides is 3. The molecule has 1 heterocycles. The molecule has 19 heavy (non-hydrogen) atoms.